The van der Waals surface area contributed by atoms with E-state index in [-0.39, 0.29) is 11.8 Å². The Balaban J connectivity index is 2.29. The monoisotopic (exact) mass is 235 g/mol. The van der Waals surface area contributed by atoms with Crippen LogP contribution in [-0.4, -0.2) is 26.7 Å². The Morgan fingerprint density at radius 2 is 2.00 bits per heavy atom. The molecule has 0 spiro atoms. The predicted octanol–water partition coefficient (Wildman–Crippen LogP) is 1.70. The quantitative estimate of drug-likeness (QED) is 0.867. The van der Waals surface area contributed by atoms with Gasteiger partial charge in [-0.25, -0.2) is 0 Å². The van der Waals surface area contributed by atoms with Crippen LogP contribution in [0.1, 0.15) is 24.3 Å². The van der Waals surface area contributed by atoms with E-state index in [4.69, 9.17) is 9.47 Å². The van der Waals surface area contributed by atoms with Crippen molar-refractivity contribution in [3.05, 3.63) is 23.8 Å². The highest BCUT2D eigenvalue weighted by molar-refractivity contribution is 5.84. The SMILES string of the molecule is COc1ccc(C2CCCNC2=O)cc1OC. The molecule has 4 heteroatoms. The first-order valence-corrected chi connectivity index (χ1v) is 5.76. The molecule has 92 valence electrons. The molecule has 1 unspecified atom stereocenters. The largest absolute Gasteiger partial charge is 0.493 e. The highest BCUT2D eigenvalue weighted by Gasteiger charge is 2.24. The molecule has 1 N–H and O–H groups in total. The van der Waals surface area contributed by atoms with Crippen LogP contribution in [0.3, 0.4) is 0 Å². The number of carbonyl (C=O) groups is 1. The molecule has 1 aliphatic rings. The van der Waals surface area contributed by atoms with Crippen LogP contribution in [0.4, 0.5) is 0 Å². The van der Waals surface area contributed by atoms with Gasteiger partial charge in [0.15, 0.2) is 11.5 Å². The summed E-state index contributed by atoms with van der Waals surface area (Å²) in [5, 5.41) is 2.89. The minimum atomic E-state index is -0.0662. The van der Waals surface area contributed by atoms with Crippen molar-refractivity contribution < 1.29 is 14.3 Å². The number of hydrogen-bond donors (Lipinski definition) is 1. The molecule has 0 bridgehead atoms. The normalized spacial score (nSPS) is 19.6. The van der Waals surface area contributed by atoms with E-state index in [9.17, 15) is 4.79 Å². The first kappa shape index (κ1) is 11.8. The summed E-state index contributed by atoms with van der Waals surface area (Å²) in [5.74, 6) is 1.39. The summed E-state index contributed by atoms with van der Waals surface area (Å²) in [5.41, 5.74) is 0.986. The number of amides is 1. The molecule has 1 fully saturated rings. The van der Waals surface area contributed by atoms with Gasteiger partial charge in [-0.15, -0.1) is 0 Å². The van der Waals surface area contributed by atoms with Crippen LogP contribution in [-0.2, 0) is 4.79 Å². The maximum Gasteiger partial charge on any atom is 0.227 e. The number of rotatable bonds is 3. The van der Waals surface area contributed by atoms with Crippen molar-refractivity contribution in [3.63, 3.8) is 0 Å². The molecule has 1 amide bonds. The fourth-order valence-corrected chi connectivity index (χ4v) is 2.16. The van der Waals surface area contributed by atoms with E-state index in [0.29, 0.717) is 11.5 Å². The van der Waals surface area contributed by atoms with Gasteiger partial charge in [-0.2, -0.15) is 0 Å². The van der Waals surface area contributed by atoms with Gasteiger partial charge in [0, 0.05) is 6.54 Å². The highest BCUT2D eigenvalue weighted by atomic mass is 16.5. The van der Waals surface area contributed by atoms with Gasteiger partial charge in [0.1, 0.15) is 0 Å². The second-order valence-electron chi connectivity index (χ2n) is 4.10. The van der Waals surface area contributed by atoms with Crippen LogP contribution < -0.4 is 14.8 Å². The molecule has 0 radical (unpaired) electrons. The third-order valence-corrected chi connectivity index (χ3v) is 3.10. The lowest BCUT2D eigenvalue weighted by atomic mass is 9.90. The second-order valence-corrected chi connectivity index (χ2v) is 4.10. The molecule has 17 heavy (non-hydrogen) atoms. The summed E-state index contributed by atoms with van der Waals surface area (Å²) >= 11 is 0. The smallest absolute Gasteiger partial charge is 0.227 e. The molecule has 1 aromatic carbocycles. The summed E-state index contributed by atoms with van der Waals surface area (Å²) < 4.78 is 10.4. The van der Waals surface area contributed by atoms with Crippen molar-refractivity contribution in [2.24, 2.45) is 0 Å². The summed E-state index contributed by atoms with van der Waals surface area (Å²) in [6.45, 7) is 0.780. The maximum atomic E-state index is 11.8. The molecule has 0 aliphatic carbocycles. The van der Waals surface area contributed by atoms with E-state index >= 15 is 0 Å². The molecule has 1 aromatic rings. The molecule has 2 rings (SSSR count). The number of nitrogens with one attached hydrogen (secondary N) is 1. The van der Waals surface area contributed by atoms with E-state index in [1.807, 2.05) is 18.2 Å². The minimum Gasteiger partial charge on any atom is -0.493 e. The van der Waals surface area contributed by atoms with E-state index in [2.05, 4.69) is 5.32 Å². The molecule has 1 atom stereocenters. The van der Waals surface area contributed by atoms with Crippen LogP contribution >= 0.6 is 0 Å². The molecule has 1 heterocycles. The molecule has 0 aromatic heterocycles. The summed E-state index contributed by atoms with van der Waals surface area (Å²) in [4.78, 5) is 11.8. The fourth-order valence-electron chi connectivity index (χ4n) is 2.16. The fraction of sp³-hybridized carbons (Fsp3) is 0.462. The van der Waals surface area contributed by atoms with Crippen molar-refractivity contribution >= 4 is 5.91 Å². The maximum absolute atomic E-state index is 11.8. The molecule has 0 saturated carbocycles. The lowest BCUT2D eigenvalue weighted by Crippen LogP contribution is -2.35. The zero-order valence-electron chi connectivity index (χ0n) is 10.2. The van der Waals surface area contributed by atoms with Crippen LogP contribution in [0.5, 0.6) is 11.5 Å². The van der Waals surface area contributed by atoms with Gasteiger partial charge in [-0.3, -0.25) is 4.79 Å². The number of hydrogen-bond acceptors (Lipinski definition) is 3. The Hall–Kier alpha value is -1.71. The first-order chi connectivity index (χ1) is 8.26. The Bertz CT molecular complexity index is 417. The number of carbonyl (C=O) groups excluding carboxylic acids is 1. The molecule has 4 nitrogen and oxygen atoms in total. The van der Waals surface area contributed by atoms with Crippen molar-refractivity contribution in [1.82, 2.24) is 5.32 Å². The van der Waals surface area contributed by atoms with E-state index in [1.165, 1.54) is 0 Å². The summed E-state index contributed by atoms with van der Waals surface area (Å²) in [6, 6.07) is 5.65. The zero-order valence-corrected chi connectivity index (χ0v) is 10.2. The number of piperidine rings is 1. The molecule has 1 aliphatic heterocycles. The third kappa shape index (κ3) is 2.35. The number of ether oxygens (including phenoxy) is 2. The lowest BCUT2D eigenvalue weighted by Gasteiger charge is -2.22. The number of methoxy groups -OCH3 is 2. The van der Waals surface area contributed by atoms with E-state index in [1.54, 1.807) is 14.2 Å². The molecular weight excluding hydrogens is 218 g/mol. The van der Waals surface area contributed by atoms with Crippen LogP contribution in [0.2, 0.25) is 0 Å². The van der Waals surface area contributed by atoms with Gasteiger partial charge >= 0.3 is 0 Å². The Labute approximate surface area is 101 Å². The van der Waals surface area contributed by atoms with Crippen molar-refractivity contribution in [2.75, 3.05) is 20.8 Å². The minimum absolute atomic E-state index is 0.0662. The highest BCUT2D eigenvalue weighted by Crippen LogP contribution is 2.33. The van der Waals surface area contributed by atoms with E-state index in [0.717, 1.165) is 24.9 Å². The van der Waals surface area contributed by atoms with Crippen LogP contribution in [0, 0.1) is 0 Å². The second kappa shape index (κ2) is 5.08. The summed E-state index contributed by atoms with van der Waals surface area (Å²) in [6.07, 6.45) is 1.91. The van der Waals surface area contributed by atoms with Gasteiger partial charge in [0.05, 0.1) is 20.1 Å². The molecule has 1 saturated heterocycles. The third-order valence-electron chi connectivity index (χ3n) is 3.10. The van der Waals surface area contributed by atoms with Gasteiger partial charge < -0.3 is 14.8 Å². The predicted molar refractivity (Wildman–Crippen MR) is 64.5 cm³/mol. The summed E-state index contributed by atoms with van der Waals surface area (Å²) in [7, 11) is 3.20. The standard InChI is InChI=1S/C13H17NO3/c1-16-11-6-5-9(8-12(11)17-2)10-4-3-7-14-13(10)15/h5-6,8,10H,3-4,7H2,1-2H3,(H,14,15). The van der Waals surface area contributed by atoms with Crippen molar-refractivity contribution in [1.29, 1.82) is 0 Å². The number of benzene rings is 1. The first-order valence-electron chi connectivity index (χ1n) is 5.76. The van der Waals surface area contributed by atoms with E-state index < -0.39 is 0 Å². The Kier molecular flexibility index (Phi) is 3.52. The Morgan fingerprint density at radius 1 is 1.24 bits per heavy atom. The van der Waals surface area contributed by atoms with Crippen molar-refractivity contribution in [3.8, 4) is 11.5 Å². The van der Waals surface area contributed by atoms with Gasteiger partial charge in [0.2, 0.25) is 5.91 Å². The van der Waals surface area contributed by atoms with Gasteiger partial charge in [0.25, 0.3) is 0 Å². The average molecular weight is 235 g/mol. The van der Waals surface area contributed by atoms with Gasteiger partial charge in [-0.1, -0.05) is 6.07 Å². The average Bonchev–Trinajstić information content (AvgIpc) is 2.38. The molecular formula is C13H17NO3. The van der Waals surface area contributed by atoms with Crippen LogP contribution in [0.15, 0.2) is 18.2 Å². The lowest BCUT2D eigenvalue weighted by molar-refractivity contribution is -0.123. The topological polar surface area (TPSA) is 47.6 Å². The van der Waals surface area contributed by atoms with Crippen LogP contribution in [0.25, 0.3) is 0 Å². The zero-order chi connectivity index (χ0) is 12.3. The van der Waals surface area contributed by atoms with Crippen molar-refractivity contribution in [2.45, 2.75) is 18.8 Å². The van der Waals surface area contributed by atoms with Gasteiger partial charge in [-0.05, 0) is 30.5 Å². The Morgan fingerprint density at radius 3 is 2.65 bits per heavy atom.